The standard InChI is InChI=1S/C18H23FN2O5S/c1-17(11-27(23,24)18(16(20)21-17)5-6-26-10-18)14-8-12(3-4-15(14)19)7-13(22)9-25-2/h3-4,8H,5-7,9-11H2,1-2H3,(H2,20,21)/t17-,18-/m0/s1. The first-order valence-electron chi connectivity index (χ1n) is 8.59. The van der Waals surface area contributed by atoms with E-state index in [9.17, 15) is 17.6 Å². The molecule has 27 heavy (non-hydrogen) atoms. The van der Waals surface area contributed by atoms with Gasteiger partial charge in [-0.3, -0.25) is 9.79 Å². The summed E-state index contributed by atoms with van der Waals surface area (Å²) in [5.41, 5.74) is 5.36. The van der Waals surface area contributed by atoms with Gasteiger partial charge in [0.1, 0.15) is 23.8 Å². The van der Waals surface area contributed by atoms with Gasteiger partial charge in [-0.15, -0.1) is 0 Å². The molecular formula is C18H23FN2O5S. The predicted molar refractivity (Wildman–Crippen MR) is 97.9 cm³/mol. The molecule has 0 bridgehead atoms. The van der Waals surface area contributed by atoms with Crippen LogP contribution in [-0.4, -0.2) is 57.5 Å². The summed E-state index contributed by atoms with van der Waals surface area (Å²) in [5, 5.41) is 0. The fourth-order valence-corrected chi connectivity index (χ4v) is 5.99. The van der Waals surface area contributed by atoms with Gasteiger partial charge in [-0.2, -0.15) is 0 Å². The fraction of sp³-hybridized carbons (Fsp3) is 0.556. The summed E-state index contributed by atoms with van der Waals surface area (Å²) in [5.74, 6) is -1.18. The Morgan fingerprint density at radius 1 is 1.44 bits per heavy atom. The largest absolute Gasteiger partial charge is 0.386 e. The second-order valence-electron chi connectivity index (χ2n) is 7.29. The monoisotopic (exact) mass is 398 g/mol. The summed E-state index contributed by atoms with van der Waals surface area (Å²) in [6, 6.07) is 4.20. The lowest BCUT2D eigenvalue weighted by molar-refractivity contribution is -0.121. The van der Waals surface area contributed by atoms with Crippen LogP contribution in [-0.2, 0) is 36.1 Å². The Morgan fingerprint density at radius 3 is 2.78 bits per heavy atom. The highest BCUT2D eigenvalue weighted by Gasteiger charge is 2.57. The first kappa shape index (κ1) is 19.9. The van der Waals surface area contributed by atoms with E-state index in [1.165, 1.54) is 25.3 Å². The third kappa shape index (κ3) is 3.39. The third-order valence-electron chi connectivity index (χ3n) is 5.20. The molecule has 148 valence electrons. The van der Waals surface area contributed by atoms with E-state index in [1.807, 2.05) is 0 Å². The molecule has 0 aromatic heterocycles. The maximum Gasteiger partial charge on any atom is 0.168 e. The number of ether oxygens (including phenoxy) is 2. The van der Waals surface area contributed by atoms with Crippen molar-refractivity contribution in [1.29, 1.82) is 0 Å². The summed E-state index contributed by atoms with van der Waals surface area (Å²) in [6.07, 6.45) is 0.301. The van der Waals surface area contributed by atoms with Crippen LogP contribution < -0.4 is 5.73 Å². The molecule has 1 fully saturated rings. The van der Waals surface area contributed by atoms with Gasteiger partial charge in [0.15, 0.2) is 20.4 Å². The van der Waals surface area contributed by atoms with Crippen molar-refractivity contribution in [3.05, 3.63) is 35.1 Å². The van der Waals surface area contributed by atoms with E-state index >= 15 is 0 Å². The van der Waals surface area contributed by atoms with Crippen LogP contribution >= 0.6 is 0 Å². The number of hydrogen-bond acceptors (Lipinski definition) is 7. The van der Waals surface area contributed by atoms with Crippen molar-refractivity contribution < 1.29 is 27.1 Å². The van der Waals surface area contributed by atoms with Crippen molar-refractivity contribution in [2.75, 3.05) is 32.7 Å². The van der Waals surface area contributed by atoms with E-state index in [0.29, 0.717) is 5.56 Å². The van der Waals surface area contributed by atoms with E-state index in [4.69, 9.17) is 15.2 Å². The van der Waals surface area contributed by atoms with Crippen molar-refractivity contribution in [1.82, 2.24) is 0 Å². The number of nitrogens with two attached hydrogens (primary N) is 1. The van der Waals surface area contributed by atoms with Gasteiger partial charge in [0, 0.05) is 25.7 Å². The van der Waals surface area contributed by atoms with Gasteiger partial charge < -0.3 is 15.2 Å². The Hall–Kier alpha value is -1.84. The molecule has 1 spiro atoms. The van der Waals surface area contributed by atoms with Crippen LogP contribution in [0.5, 0.6) is 0 Å². The second-order valence-corrected chi connectivity index (χ2v) is 9.59. The van der Waals surface area contributed by atoms with E-state index in [-0.39, 0.29) is 55.6 Å². The molecule has 1 saturated heterocycles. The highest BCUT2D eigenvalue weighted by molar-refractivity contribution is 7.93. The van der Waals surface area contributed by atoms with Gasteiger partial charge in [-0.05, 0) is 31.0 Å². The molecule has 0 aliphatic carbocycles. The number of halogens is 1. The van der Waals surface area contributed by atoms with E-state index in [1.54, 1.807) is 6.92 Å². The van der Waals surface area contributed by atoms with Crippen LogP contribution in [0, 0.1) is 5.82 Å². The normalized spacial score (nSPS) is 29.7. The number of nitrogens with zero attached hydrogens (tertiary/aromatic N) is 1. The number of sulfone groups is 1. The van der Waals surface area contributed by atoms with Gasteiger partial charge in [0.2, 0.25) is 0 Å². The number of carbonyl (C=O) groups excluding carboxylic acids is 1. The van der Waals surface area contributed by atoms with Crippen molar-refractivity contribution in [2.24, 2.45) is 10.7 Å². The molecule has 0 radical (unpaired) electrons. The molecule has 3 rings (SSSR count). The Bertz CT molecular complexity index is 893. The van der Waals surface area contributed by atoms with Crippen LogP contribution in [0.3, 0.4) is 0 Å². The topological polar surface area (TPSA) is 108 Å². The number of amidine groups is 1. The number of Topliss-reactive ketones (excluding diaryl/α,β-unsaturated/α-hetero) is 1. The van der Waals surface area contributed by atoms with Gasteiger partial charge in [-0.25, -0.2) is 12.8 Å². The number of aliphatic imine (C=N–C) groups is 1. The van der Waals surface area contributed by atoms with Crippen LogP contribution in [0.1, 0.15) is 24.5 Å². The third-order valence-corrected chi connectivity index (χ3v) is 7.87. The van der Waals surface area contributed by atoms with Crippen LogP contribution in [0.4, 0.5) is 4.39 Å². The summed E-state index contributed by atoms with van der Waals surface area (Å²) in [4.78, 5) is 16.2. The number of benzene rings is 1. The number of rotatable bonds is 5. The second kappa shape index (κ2) is 6.96. The quantitative estimate of drug-likeness (QED) is 0.784. The van der Waals surface area contributed by atoms with E-state index in [2.05, 4.69) is 4.99 Å². The van der Waals surface area contributed by atoms with Crippen molar-refractivity contribution in [3.63, 3.8) is 0 Å². The first-order valence-corrected chi connectivity index (χ1v) is 10.2. The maximum atomic E-state index is 14.6. The lowest BCUT2D eigenvalue weighted by Crippen LogP contribution is -2.58. The summed E-state index contributed by atoms with van der Waals surface area (Å²) in [6.45, 7) is 1.75. The minimum Gasteiger partial charge on any atom is -0.386 e. The van der Waals surface area contributed by atoms with Gasteiger partial charge in [0.05, 0.1) is 12.4 Å². The zero-order valence-electron chi connectivity index (χ0n) is 15.3. The molecule has 7 nitrogen and oxygen atoms in total. The summed E-state index contributed by atoms with van der Waals surface area (Å²) >= 11 is 0. The van der Waals surface area contributed by atoms with Crippen LogP contribution in [0.25, 0.3) is 0 Å². The maximum absolute atomic E-state index is 14.6. The van der Waals surface area contributed by atoms with Crippen molar-refractivity contribution >= 4 is 21.5 Å². The average molecular weight is 398 g/mol. The predicted octanol–water partition coefficient (Wildman–Crippen LogP) is 0.744. The van der Waals surface area contributed by atoms with E-state index in [0.717, 1.165) is 0 Å². The Kier molecular flexibility index (Phi) is 5.13. The SMILES string of the molecule is COCC(=O)Cc1ccc(F)c([C@]2(C)CS(=O)(=O)[C@]3(CCOC3)C(N)=N2)c1. The smallest absolute Gasteiger partial charge is 0.168 e. The lowest BCUT2D eigenvalue weighted by atomic mass is 9.90. The van der Waals surface area contributed by atoms with E-state index < -0.39 is 25.9 Å². The molecule has 2 heterocycles. The van der Waals surface area contributed by atoms with Crippen molar-refractivity contribution in [3.8, 4) is 0 Å². The minimum atomic E-state index is -3.72. The number of carbonyl (C=O) groups is 1. The Balaban J connectivity index is 2.03. The molecule has 0 amide bonds. The van der Waals surface area contributed by atoms with Gasteiger partial charge in [0.25, 0.3) is 0 Å². The Morgan fingerprint density at radius 2 is 2.19 bits per heavy atom. The number of methoxy groups -OCH3 is 1. The molecule has 2 aliphatic rings. The molecule has 0 saturated carbocycles. The molecule has 1 aromatic rings. The highest BCUT2D eigenvalue weighted by Crippen LogP contribution is 2.41. The zero-order valence-corrected chi connectivity index (χ0v) is 16.1. The molecular weight excluding hydrogens is 375 g/mol. The fourth-order valence-electron chi connectivity index (χ4n) is 3.73. The molecule has 2 atom stereocenters. The first-order chi connectivity index (χ1) is 12.6. The van der Waals surface area contributed by atoms with Gasteiger partial charge in [-0.1, -0.05) is 6.07 Å². The average Bonchev–Trinajstić information content (AvgIpc) is 3.06. The lowest BCUT2D eigenvalue weighted by Gasteiger charge is -2.39. The Labute approximate surface area is 157 Å². The summed E-state index contributed by atoms with van der Waals surface area (Å²) in [7, 11) is -2.30. The number of ketones is 1. The number of hydrogen-bond donors (Lipinski definition) is 1. The minimum absolute atomic E-state index is 0.0329. The van der Waals surface area contributed by atoms with Crippen LogP contribution in [0.15, 0.2) is 23.2 Å². The summed E-state index contributed by atoms with van der Waals surface area (Å²) < 4.78 is 49.4. The molecule has 1 aromatic carbocycles. The molecule has 2 aliphatic heterocycles. The van der Waals surface area contributed by atoms with Crippen LogP contribution in [0.2, 0.25) is 0 Å². The van der Waals surface area contributed by atoms with Crippen molar-refractivity contribution in [2.45, 2.75) is 30.1 Å². The van der Waals surface area contributed by atoms with Gasteiger partial charge >= 0.3 is 0 Å². The highest BCUT2D eigenvalue weighted by atomic mass is 32.2. The molecule has 0 unspecified atom stereocenters. The zero-order chi connectivity index (χ0) is 19.9. The molecule has 2 N–H and O–H groups in total. The molecule has 9 heteroatoms.